The number of benzene rings is 1. The SMILES string of the molecule is CNCC1CCCN1C(=O)c1ccc(F)c(NC(C)=O)c1.Cl. The Labute approximate surface area is 135 Å². The fraction of sp³-hybridized carbons (Fsp3) is 0.467. The summed E-state index contributed by atoms with van der Waals surface area (Å²) >= 11 is 0. The third-order valence-electron chi connectivity index (χ3n) is 3.60. The summed E-state index contributed by atoms with van der Waals surface area (Å²) in [5, 5.41) is 5.48. The first-order valence-corrected chi connectivity index (χ1v) is 7.05. The Morgan fingerprint density at radius 1 is 1.41 bits per heavy atom. The molecule has 122 valence electrons. The Hall–Kier alpha value is -1.66. The highest BCUT2D eigenvalue weighted by Gasteiger charge is 2.29. The Bertz CT molecular complexity index is 554. The van der Waals surface area contributed by atoms with Crippen LogP contribution in [0.3, 0.4) is 0 Å². The number of nitrogens with zero attached hydrogens (tertiary/aromatic N) is 1. The quantitative estimate of drug-likeness (QED) is 0.888. The zero-order valence-electron chi connectivity index (χ0n) is 12.7. The number of halogens is 2. The first kappa shape index (κ1) is 18.4. The molecule has 2 rings (SSSR count). The third kappa shape index (κ3) is 4.18. The van der Waals surface area contributed by atoms with E-state index in [0.717, 1.165) is 19.4 Å². The molecule has 1 fully saturated rings. The summed E-state index contributed by atoms with van der Waals surface area (Å²) in [6, 6.07) is 4.23. The topological polar surface area (TPSA) is 61.4 Å². The monoisotopic (exact) mass is 329 g/mol. The summed E-state index contributed by atoms with van der Waals surface area (Å²) in [5.41, 5.74) is 0.431. The summed E-state index contributed by atoms with van der Waals surface area (Å²) in [7, 11) is 1.85. The summed E-state index contributed by atoms with van der Waals surface area (Å²) in [4.78, 5) is 25.4. The van der Waals surface area contributed by atoms with E-state index in [9.17, 15) is 14.0 Å². The Morgan fingerprint density at radius 2 is 2.14 bits per heavy atom. The van der Waals surface area contributed by atoms with Gasteiger partial charge in [0.25, 0.3) is 5.91 Å². The van der Waals surface area contributed by atoms with Gasteiger partial charge in [-0.2, -0.15) is 0 Å². The molecule has 1 saturated heterocycles. The van der Waals surface area contributed by atoms with Gasteiger partial charge in [0.2, 0.25) is 5.91 Å². The van der Waals surface area contributed by atoms with Crippen LogP contribution in [0.25, 0.3) is 0 Å². The van der Waals surface area contributed by atoms with Crippen molar-refractivity contribution in [3.05, 3.63) is 29.6 Å². The second kappa shape index (κ2) is 8.10. The number of rotatable bonds is 4. The molecule has 1 aliphatic rings. The standard InChI is InChI=1S/C15H20FN3O2.ClH/c1-10(20)18-14-8-11(5-6-13(14)16)15(21)19-7-3-4-12(19)9-17-2;/h5-6,8,12,17H,3-4,7,9H2,1-2H3,(H,18,20);1H. The molecule has 0 aromatic heterocycles. The first-order valence-electron chi connectivity index (χ1n) is 7.05. The maximum atomic E-state index is 13.6. The lowest BCUT2D eigenvalue weighted by Gasteiger charge is -2.24. The summed E-state index contributed by atoms with van der Waals surface area (Å²) in [5.74, 6) is -1.04. The van der Waals surface area contributed by atoms with Gasteiger partial charge < -0.3 is 15.5 Å². The minimum absolute atomic E-state index is 0. The smallest absolute Gasteiger partial charge is 0.254 e. The maximum Gasteiger partial charge on any atom is 0.254 e. The molecule has 0 saturated carbocycles. The van der Waals surface area contributed by atoms with E-state index in [1.54, 1.807) is 4.90 Å². The number of likely N-dealkylation sites (N-methyl/N-ethyl adjacent to an activating group) is 1. The molecule has 1 aromatic rings. The molecule has 1 unspecified atom stereocenters. The summed E-state index contributed by atoms with van der Waals surface area (Å²) in [6.45, 7) is 2.75. The molecular formula is C15H21ClFN3O2. The molecule has 0 spiro atoms. The van der Waals surface area contributed by atoms with Crippen LogP contribution in [0, 0.1) is 5.82 Å². The normalized spacial score (nSPS) is 17.0. The molecule has 1 heterocycles. The number of hydrogen-bond donors (Lipinski definition) is 2. The number of amides is 2. The largest absolute Gasteiger partial charge is 0.334 e. The van der Waals surface area contributed by atoms with Crippen LogP contribution in [0.2, 0.25) is 0 Å². The van der Waals surface area contributed by atoms with Gasteiger partial charge in [-0.1, -0.05) is 0 Å². The van der Waals surface area contributed by atoms with Gasteiger partial charge >= 0.3 is 0 Å². The van der Waals surface area contributed by atoms with Crippen LogP contribution in [-0.2, 0) is 4.79 Å². The van der Waals surface area contributed by atoms with Crippen LogP contribution >= 0.6 is 12.4 Å². The van der Waals surface area contributed by atoms with Gasteiger partial charge in [-0.25, -0.2) is 4.39 Å². The predicted octanol–water partition coefficient (Wildman–Crippen LogP) is 2.03. The highest BCUT2D eigenvalue weighted by atomic mass is 35.5. The van der Waals surface area contributed by atoms with Crippen molar-refractivity contribution < 1.29 is 14.0 Å². The minimum Gasteiger partial charge on any atom is -0.334 e. The van der Waals surface area contributed by atoms with Crippen molar-refractivity contribution in [3.63, 3.8) is 0 Å². The van der Waals surface area contributed by atoms with Crippen LogP contribution < -0.4 is 10.6 Å². The van der Waals surface area contributed by atoms with E-state index in [2.05, 4.69) is 10.6 Å². The van der Waals surface area contributed by atoms with E-state index in [1.807, 2.05) is 7.05 Å². The average Bonchev–Trinajstić information content (AvgIpc) is 2.88. The van der Waals surface area contributed by atoms with E-state index < -0.39 is 5.82 Å². The molecule has 1 aliphatic heterocycles. The van der Waals surface area contributed by atoms with Gasteiger partial charge in [-0.3, -0.25) is 9.59 Å². The fourth-order valence-corrected chi connectivity index (χ4v) is 2.66. The fourth-order valence-electron chi connectivity index (χ4n) is 2.66. The maximum absolute atomic E-state index is 13.6. The predicted molar refractivity (Wildman–Crippen MR) is 85.9 cm³/mol. The molecule has 1 aromatic carbocycles. The van der Waals surface area contributed by atoms with Gasteiger partial charge in [-0.05, 0) is 38.1 Å². The number of anilines is 1. The van der Waals surface area contributed by atoms with Crippen molar-refractivity contribution >= 4 is 29.9 Å². The van der Waals surface area contributed by atoms with E-state index in [0.29, 0.717) is 12.1 Å². The zero-order chi connectivity index (χ0) is 15.4. The highest BCUT2D eigenvalue weighted by Crippen LogP contribution is 2.22. The van der Waals surface area contributed by atoms with Crippen molar-refractivity contribution in [2.45, 2.75) is 25.8 Å². The van der Waals surface area contributed by atoms with Gasteiger partial charge in [0.1, 0.15) is 5.82 Å². The molecule has 2 amide bonds. The molecule has 2 N–H and O–H groups in total. The summed E-state index contributed by atoms with van der Waals surface area (Å²) in [6.07, 6.45) is 1.93. The van der Waals surface area contributed by atoms with Crippen molar-refractivity contribution in [1.82, 2.24) is 10.2 Å². The van der Waals surface area contributed by atoms with Crippen LogP contribution in [0.15, 0.2) is 18.2 Å². The van der Waals surface area contributed by atoms with Gasteiger partial charge in [0.05, 0.1) is 5.69 Å². The van der Waals surface area contributed by atoms with Crippen molar-refractivity contribution in [2.24, 2.45) is 0 Å². The van der Waals surface area contributed by atoms with Gasteiger partial charge in [0.15, 0.2) is 0 Å². The van der Waals surface area contributed by atoms with Crippen molar-refractivity contribution in [2.75, 3.05) is 25.5 Å². The lowest BCUT2D eigenvalue weighted by atomic mass is 10.1. The van der Waals surface area contributed by atoms with E-state index in [4.69, 9.17) is 0 Å². The van der Waals surface area contributed by atoms with Crippen LogP contribution in [-0.4, -0.2) is 42.9 Å². The van der Waals surface area contributed by atoms with Gasteiger partial charge in [0, 0.05) is 31.6 Å². The third-order valence-corrected chi connectivity index (χ3v) is 3.60. The van der Waals surface area contributed by atoms with Crippen LogP contribution in [0.1, 0.15) is 30.1 Å². The lowest BCUT2D eigenvalue weighted by Crippen LogP contribution is -2.40. The lowest BCUT2D eigenvalue weighted by molar-refractivity contribution is -0.114. The molecule has 1 atom stereocenters. The Kier molecular flexibility index (Phi) is 6.77. The van der Waals surface area contributed by atoms with Crippen molar-refractivity contribution in [3.8, 4) is 0 Å². The van der Waals surface area contributed by atoms with E-state index in [-0.39, 0.29) is 36.0 Å². The number of nitrogens with one attached hydrogen (secondary N) is 2. The molecule has 0 aliphatic carbocycles. The van der Waals surface area contributed by atoms with Gasteiger partial charge in [-0.15, -0.1) is 12.4 Å². The molecule has 0 radical (unpaired) electrons. The number of likely N-dealkylation sites (tertiary alicyclic amines) is 1. The molecular weight excluding hydrogens is 309 g/mol. The van der Waals surface area contributed by atoms with E-state index in [1.165, 1.54) is 25.1 Å². The second-order valence-electron chi connectivity index (χ2n) is 5.23. The first-order chi connectivity index (χ1) is 10.0. The molecule has 0 bridgehead atoms. The second-order valence-corrected chi connectivity index (χ2v) is 5.23. The van der Waals surface area contributed by atoms with E-state index >= 15 is 0 Å². The van der Waals surface area contributed by atoms with Crippen molar-refractivity contribution in [1.29, 1.82) is 0 Å². The highest BCUT2D eigenvalue weighted by molar-refractivity contribution is 5.97. The summed E-state index contributed by atoms with van der Waals surface area (Å²) < 4.78 is 13.6. The molecule has 5 nitrogen and oxygen atoms in total. The number of carbonyl (C=O) groups is 2. The Morgan fingerprint density at radius 3 is 2.77 bits per heavy atom. The minimum atomic E-state index is -0.546. The van der Waals surface area contributed by atoms with Crippen LogP contribution in [0.5, 0.6) is 0 Å². The molecule has 22 heavy (non-hydrogen) atoms. The number of hydrogen-bond acceptors (Lipinski definition) is 3. The Balaban J connectivity index is 0.00000242. The number of carbonyl (C=O) groups excluding carboxylic acids is 2. The average molecular weight is 330 g/mol. The molecule has 7 heteroatoms. The zero-order valence-corrected chi connectivity index (χ0v) is 13.5. The van der Waals surface area contributed by atoms with Crippen LogP contribution in [0.4, 0.5) is 10.1 Å².